The number of hydrogen-bond acceptors (Lipinski definition) is 4. The number of pyridine rings is 1. The fourth-order valence-electron chi connectivity index (χ4n) is 2.04. The standard InChI is InChI=1S/C16H23N3O/c1-3-9-17-16-12-14(8-10-18-16)19-13(2)6-7-15-5-4-11-20-15/h4-5,8,10-13H,3,6-7,9H2,1-2H3,(H2,17,18,19). The van der Waals surface area contributed by atoms with E-state index in [0.29, 0.717) is 6.04 Å². The van der Waals surface area contributed by atoms with Crippen molar-refractivity contribution in [1.29, 1.82) is 0 Å². The normalized spacial score (nSPS) is 12.1. The first-order chi connectivity index (χ1) is 9.78. The molecule has 0 bridgehead atoms. The van der Waals surface area contributed by atoms with E-state index in [1.165, 1.54) is 0 Å². The lowest BCUT2D eigenvalue weighted by Crippen LogP contribution is -2.16. The van der Waals surface area contributed by atoms with Gasteiger partial charge < -0.3 is 15.1 Å². The van der Waals surface area contributed by atoms with Gasteiger partial charge in [-0.3, -0.25) is 0 Å². The quantitative estimate of drug-likeness (QED) is 0.765. The molecule has 2 rings (SSSR count). The van der Waals surface area contributed by atoms with Crippen molar-refractivity contribution in [1.82, 2.24) is 4.98 Å². The van der Waals surface area contributed by atoms with E-state index >= 15 is 0 Å². The third-order valence-electron chi connectivity index (χ3n) is 3.13. The molecular weight excluding hydrogens is 250 g/mol. The van der Waals surface area contributed by atoms with Crippen LogP contribution >= 0.6 is 0 Å². The van der Waals surface area contributed by atoms with Gasteiger partial charge in [0, 0.05) is 37.0 Å². The van der Waals surface area contributed by atoms with Gasteiger partial charge in [0.25, 0.3) is 0 Å². The van der Waals surface area contributed by atoms with Crippen LogP contribution in [0.15, 0.2) is 41.1 Å². The Morgan fingerprint density at radius 2 is 2.25 bits per heavy atom. The van der Waals surface area contributed by atoms with Crippen molar-refractivity contribution in [3.63, 3.8) is 0 Å². The van der Waals surface area contributed by atoms with Gasteiger partial charge in [-0.05, 0) is 38.0 Å². The SMILES string of the molecule is CCCNc1cc(NC(C)CCc2ccco2)ccn1. The molecule has 4 nitrogen and oxygen atoms in total. The number of anilines is 2. The summed E-state index contributed by atoms with van der Waals surface area (Å²) in [5, 5.41) is 6.80. The van der Waals surface area contributed by atoms with Crippen LogP contribution < -0.4 is 10.6 Å². The lowest BCUT2D eigenvalue weighted by Gasteiger charge is -2.15. The third-order valence-corrected chi connectivity index (χ3v) is 3.13. The first-order valence-electron chi connectivity index (χ1n) is 7.26. The Morgan fingerprint density at radius 1 is 1.35 bits per heavy atom. The van der Waals surface area contributed by atoms with Crippen LogP contribution in [-0.4, -0.2) is 17.6 Å². The molecule has 0 spiro atoms. The number of aromatic nitrogens is 1. The van der Waals surface area contributed by atoms with Crippen LogP contribution in [0.3, 0.4) is 0 Å². The average Bonchev–Trinajstić information content (AvgIpc) is 2.97. The van der Waals surface area contributed by atoms with Gasteiger partial charge in [-0.25, -0.2) is 4.98 Å². The maximum Gasteiger partial charge on any atom is 0.127 e. The molecule has 0 saturated carbocycles. The summed E-state index contributed by atoms with van der Waals surface area (Å²) in [6.45, 7) is 5.28. The molecule has 0 radical (unpaired) electrons. The highest BCUT2D eigenvalue weighted by Crippen LogP contribution is 2.15. The van der Waals surface area contributed by atoms with Crippen molar-refractivity contribution in [2.45, 2.75) is 39.2 Å². The Morgan fingerprint density at radius 3 is 3.00 bits per heavy atom. The van der Waals surface area contributed by atoms with Gasteiger partial charge in [-0.15, -0.1) is 0 Å². The largest absolute Gasteiger partial charge is 0.469 e. The molecule has 0 amide bonds. The zero-order chi connectivity index (χ0) is 14.2. The highest BCUT2D eigenvalue weighted by molar-refractivity contribution is 5.52. The Hall–Kier alpha value is -1.97. The molecule has 1 unspecified atom stereocenters. The van der Waals surface area contributed by atoms with Gasteiger partial charge >= 0.3 is 0 Å². The van der Waals surface area contributed by atoms with E-state index in [0.717, 1.165) is 43.1 Å². The molecule has 0 aliphatic rings. The molecule has 1 atom stereocenters. The molecule has 0 saturated heterocycles. The van der Waals surface area contributed by atoms with E-state index in [2.05, 4.69) is 35.5 Å². The van der Waals surface area contributed by atoms with Crippen molar-refractivity contribution in [2.24, 2.45) is 0 Å². The van der Waals surface area contributed by atoms with E-state index in [1.807, 2.05) is 24.4 Å². The fourth-order valence-corrected chi connectivity index (χ4v) is 2.04. The predicted octanol–water partition coefficient (Wildman–Crippen LogP) is 3.93. The molecular formula is C16H23N3O. The zero-order valence-electron chi connectivity index (χ0n) is 12.2. The Kier molecular flexibility index (Phi) is 5.47. The summed E-state index contributed by atoms with van der Waals surface area (Å²) in [6.07, 6.45) is 6.64. The van der Waals surface area contributed by atoms with Crippen LogP contribution in [0.2, 0.25) is 0 Å². The number of aryl methyl sites for hydroxylation is 1. The van der Waals surface area contributed by atoms with Gasteiger partial charge in [-0.1, -0.05) is 6.92 Å². The highest BCUT2D eigenvalue weighted by atomic mass is 16.3. The van der Waals surface area contributed by atoms with Gasteiger partial charge in [0.15, 0.2) is 0 Å². The first kappa shape index (κ1) is 14.4. The van der Waals surface area contributed by atoms with Crippen LogP contribution in [0.25, 0.3) is 0 Å². The average molecular weight is 273 g/mol. The molecule has 2 N–H and O–H groups in total. The van der Waals surface area contributed by atoms with Crippen molar-refractivity contribution in [3.8, 4) is 0 Å². The van der Waals surface area contributed by atoms with Gasteiger partial charge in [-0.2, -0.15) is 0 Å². The van der Waals surface area contributed by atoms with Crippen LogP contribution in [-0.2, 0) is 6.42 Å². The van der Waals surface area contributed by atoms with E-state index < -0.39 is 0 Å². The summed E-state index contributed by atoms with van der Waals surface area (Å²) in [5.74, 6) is 1.97. The highest BCUT2D eigenvalue weighted by Gasteiger charge is 2.05. The third kappa shape index (κ3) is 4.61. The second-order valence-corrected chi connectivity index (χ2v) is 5.02. The van der Waals surface area contributed by atoms with Crippen LogP contribution in [0.5, 0.6) is 0 Å². The lowest BCUT2D eigenvalue weighted by molar-refractivity contribution is 0.495. The van der Waals surface area contributed by atoms with Crippen LogP contribution in [0, 0.1) is 0 Å². The van der Waals surface area contributed by atoms with E-state index in [9.17, 15) is 0 Å². The van der Waals surface area contributed by atoms with Gasteiger partial charge in [0.2, 0.25) is 0 Å². The lowest BCUT2D eigenvalue weighted by atomic mass is 10.1. The molecule has 0 aliphatic carbocycles. The summed E-state index contributed by atoms with van der Waals surface area (Å²) in [5.41, 5.74) is 1.10. The maximum atomic E-state index is 5.35. The predicted molar refractivity (Wildman–Crippen MR) is 83.1 cm³/mol. The van der Waals surface area contributed by atoms with E-state index in [4.69, 9.17) is 4.42 Å². The molecule has 0 aliphatic heterocycles. The minimum Gasteiger partial charge on any atom is -0.469 e. The summed E-state index contributed by atoms with van der Waals surface area (Å²) in [7, 11) is 0. The van der Waals surface area contributed by atoms with Gasteiger partial charge in [0.05, 0.1) is 6.26 Å². The molecule has 2 heterocycles. The fraction of sp³-hybridized carbons (Fsp3) is 0.438. The molecule has 108 valence electrons. The second kappa shape index (κ2) is 7.58. The Bertz CT molecular complexity index is 496. The molecule has 2 aromatic rings. The number of nitrogens with one attached hydrogen (secondary N) is 2. The van der Waals surface area contributed by atoms with Crippen molar-refractivity contribution in [3.05, 3.63) is 42.5 Å². The van der Waals surface area contributed by atoms with Crippen molar-refractivity contribution in [2.75, 3.05) is 17.2 Å². The van der Waals surface area contributed by atoms with E-state index in [-0.39, 0.29) is 0 Å². The number of furan rings is 1. The summed E-state index contributed by atoms with van der Waals surface area (Å²) in [4.78, 5) is 4.30. The molecule has 0 fully saturated rings. The summed E-state index contributed by atoms with van der Waals surface area (Å²) in [6, 6.07) is 8.40. The smallest absolute Gasteiger partial charge is 0.127 e. The monoisotopic (exact) mass is 273 g/mol. The minimum absolute atomic E-state index is 0.390. The maximum absolute atomic E-state index is 5.35. The number of hydrogen-bond donors (Lipinski definition) is 2. The Balaban J connectivity index is 1.82. The van der Waals surface area contributed by atoms with Crippen molar-refractivity contribution < 1.29 is 4.42 Å². The first-order valence-corrected chi connectivity index (χ1v) is 7.26. The zero-order valence-corrected chi connectivity index (χ0v) is 12.2. The minimum atomic E-state index is 0.390. The topological polar surface area (TPSA) is 50.1 Å². The summed E-state index contributed by atoms with van der Waals surface area (Å²) < 4.78 is 5.35. The number of rotatable bonds is 8. The van der Waals surface area contributed by atoms with Gasteiger partial charge in [0.1, 0.15) is 11.6 Å². The molecule has 20 heavy (non-hydrogen) atoms. The van der Waals surface area contributed by atoms with Crippen molar-refractivity contribution >= 4 is 11.5 Å². The molecule has 4 heteroatoms. The van der Waals surface area contributed by atoms with Crippen LogP contribution in [0.4, 0.5) is 11.5 Å². The van der Waals surface area contributed by atoms with Crippen LogP contribution in [0.1, 0.15) is 32.4 Å². The molecule has 2 aromatic heterocycles. The number of nitrogens with zero attached hydrogens (tertiary/aromatic N) is 1. The van der Waals surface area contributed by atoms with E-state index in [1.54, 1.807) is 6.26 Å². The Labute approximate surface area is 120 Å². The summed E-state index contributed by atoms with van der Waals surface area (Å²) >= 11 is 0. The molecule has 0 aromatic carbocycles. The second-order valence-electron chi connectivity index (χ2n) is 5.02.